The SMILES string of the molecule is CC(C)(N)[C@@](C)(O)c1ccccc1. The summed E-state index contributed by atoms with van der Waals surface area (Å²) in [7, 11) is 0. The third kappa shape index (κ3) is 1.90. The van der Waals surface area contributed by atoms with Gasteiger partial charge in [0, 0.05) is 5.54 Å². The lowest BCUT2D eigenvalue weighted by Gasteiger charge is -2.37. The maximum absolute atomic E-state index is 10.2. The molecule has 2 nitrogen and oxygen atoms in total. The van der Waals surface area contributed by atoms with E-state index in [1.165, 1.54) is 0 Å². The largest absolute Gasteiger partial charge is 0.384 e. The fraction of sp³-hybridized carbons (Fsp3) is 0.455. The molecule has 1 atom stereocenters. The van der Waals surface area contributed by atoms with E-state index in [4.69, 9.17) is 5.73 Å². The van der Waals surface area contributed by atoms with Crippen LogP contribution in [-0.4, -0.2) is 10.6 Å². The predicted octanol–water partition coefficient (Wildman–Crippen LogP) is 1.63. The molecule has 0 unspecified atom stereocenters. The summed E-state index contributed by atoms with van der Waals surface area (Å²) in [5.74, 6) is 0. The smallest absolute Gasteiger partial charge is 0.104 e. The van der Waals surface area contributed by atoms with Crippen molar-refractivity contribution in [3.05, 3.63) is 35.9 Å². The van der Waals surface area contributed by atoms with Gasteiger partial charge in [0.1, 0.15) is 5.60 Å². The van der Waals surface area contributed by atoms with E-state index in [-0.39, 0.29) is 0 Å². The summed E-state index contributed by atoms with van der Waals surface area (Å²) in [5, 5.41) is 10.2. The molecule has 1 rings (SSSR count). The molecule has 0 aliphatic carbocycles. The number of rotatable bonds is 2. The average molecular weight is 179 g/mol. The Bertz CT molecular complexity index is 272. The fourth-order valence-electron chi connectivity index (χ4n) is 1.13. The van der Waals surface area contributed by atoms with Crippen molar-refractivity contribution in [2.24, 2.45) is 5.73 Å². The minimum Gasteiger partial charge on any atom is -0.384 e. The lowest BCUT2D eigenvalue weighted by molar-refractivity contribution is -0.00869. The molecule has 0 amide bonds. The van der Waals surface area contributed by atoms with Gasteiger partial charge < -0.3 is 10.8 Å². The van der Waals surface area contributed by atoms with Gasteiger partial charge >= 0.3 is 0 Å². The number of nitrogens with two attached hydrogens (primary N) is 1. The topological polar surface area (TPSA) is 46.2 Å². The first kappa shape index (κ1) is 10.2. The number of aliphatic hydroxyl groups is 1. The van der Waals surface area contributed by atoms with Crippen molar-refractivity contribution in [2.45, 2.75) is 31.9 Å². The summed E-state index contributed by atoms with van der Waals surface area (Å²) in [6.45, 7) is 5.38. The quantitative estimate of drug-likeness (QED) is 0.725. The van der Waals surface area contributed by atoms with Crippen LogP contribution in [0.25, 0.3) is 0 Å². The number of hydrogen-bond acceptors (Lipinski definition) is 2. The highest BCUT2D eigenvalue weighted by molar-refractivity contribution is 5.25. The van der Waals surface area contributed by atoms with E-state index in [1.54, 1.807) is 6.92 Å². The Morgan fingerprint density at radius 2 is 1.54 bits per heavy atom. The molecule has 0 aliphatic rings. The van der Waals surface area contributed by atoms with Crippen molar-refractivity contribution in [1.82, 2.24) is 0 Å². The normalized spacial score (nSPS) is 16.7. The van der Waals surface area contributed by atoms with Crippen molar-refractivity contribution in [3.8, 4) is 0 Å². The van der Waals surface area contributed by atoms with Crippen LogP contribution in [0.1, 0.15) is 26.3 Å². The first-order chi connectivity index (χ1) is 5.86. The fourth-order valence-corrected chi connectivity index (χ4v) is 1.13. The monoisotopic (exact) mass is 179 g/mol. The van der Waals surface area contributed by atoms with Crippen LogP contribution in [0.5, 0.6) is 0 Å². The molecule has 0 aliphatic heterocycles. The lowest BCUT2D eigenvalue weighted by atomic mass is 9.80. The standard InChI is InChI=1S/C11H17NO/c1-10(2,12)11(3,13)9-7-5-4-6-8-9/h4-8,13H,12H2,1-3H3/t11-/m0/s1. The Kier molecular flexibility index (Phi) is 2.46. The first-order valence-electron chi connectivity index (χ1n) is 4.42. The summed E-state index contributed by atoms with van der Waals surface area (Å²) >= 11 is 0. The Labute approximate surface area is 79.4 Å². The van der Waals surface area contributed by atoms with Crippen molar-refractivity contribution < 1.29 is 5.11 Å². The van der Waals surface area contributed by atoms with Gasteiger partial charge in [0.05, 0.1) is 0 Å². The summed E-state index contributed by atoms with van der Waals surface area (Å²) in [5.41, 5.74) is 5.11. The van der Waals surface area contributed by atoms with E-state index in [0.717, 1.165) is 5.56 Å². The van der Waals surface area contributed by atoms with Crippen LogP contribution in [0.4, 0.5) is 0 Å². The van der Waals surface area contributed by atoms with Gasteiger partial charge in [-0.2, -0.15) is 0 Å². The molecule has 72 valence electrons. The third-order valence-corrected chi connectivity index (χ3v) is 2.59. The second-order valence-electron chi connectivity index (χ2n) is 4.16. The maximum Gasteiger partial charge on any atom is 0.104 e. The highest BCUT2D eigenvalue weighted by Crippen LogP contribution is 2.29. The van der Waals surface area contributed by atoms with E-state index in [1.807, 2.05) is 44.2 Å². The minimum atomic E-state index is -0.992. The Hall–Kier alpha value is -0.860. The molecule has 0 fully saturated rings. The molecular weight excluding hydrogens is 162 g/mol. The molecule has 0 bridgehead atoms. The van der Waals surface area contributed by atoms with Gasteiger partial charge in [0.2, 0.25) is 0 Å². The second-order valence-corrected chi connectivity index (χ2v) is 4.16. The van der Waals surface area contributed by atoms with E-state index in [2.05, 4.69) is 0 Å². The average Bonchev–Trinajstić information content (AvgIpc) is 2.04. The van der Waals surface area contributed by atoms with Crippen LogP contribution in [0.15, 0.2) is 30.3 Å². The van der Waals surface area contributed by atoms with E-state index in [9.17, 15) is 5.11 Å². The van der Waals surface area contributed by atoms with Crippen LogP contribution in [0, 0.1) is 0 Å². The zero-order valence-electron chi connectivity index (χ0n) is 8.41. The first-order valence-corrected chi connectivity index (χ1v) is 4.42. The van der Waals surface area contributed by atoms with Gasteiger partial charge in [-0.25, -0.2) is 0 Å². The van der Waals surface area contributed by atoms with Gasteiger partial charge in [-0.3, -0.25) is 0 Å². The van der Waals surface area contributed by atoms with Gasteiger partial charge in [-0.05, 0) is 26.3 Å². The summed E-state index contributed by atoms with van der Waals surface area (Å²) < 4.78 is 0. The van der Waals surface area contributed by atoms with Crippen LogP contribution >= 0.6 is 0 Å². The van der Waals surface area contributed by atoms with Gasteiger partial charge in [0.15, 0.2) is 0 Å². The van der Waals surface area contributed by atoms with Crippen molar-refractivity contribution in [3.63, 3.8) is 0 Å². The molecule has 13 heavy (non-hydrogen) atoms. The van der Waals surface area contributed by atoms with Crippen LogP contribution in [0.3, 0.4) is 0 Å². The number of benzene rings is 1. The van der Waals surface area contributed by atoms with Gasteiger partial charge in [-0.1, -0.05) is 30.3 Å². The third-order valence-electron chi connectivity index (χ3n) is 2.59. The molecule has 1 aromatic carbocycles. The molecule has 0 heterocycles. The number of hydrogen-bond donors (Lipinski definition) is 2. The lowest BCUT2D eigenvalue weighted by Crippen LogP contribution is -2.52. The summed E-state index contributed by atoms with van der Waals surface area (Å²) in [6.07, 6.45) is 0. The molecule has 2 heteroatoms. The Balaban J connectivity index is 3.08. The highest BCUT2D eigenvalue weighted by atomic mass is 16.3. The predicted molar refractivity (Wildman–Crippen MR) is 54.3 cm³/mol. The molecule has 0 aromatic heterocycles. The molecule has 0 spiro atoms. The molecular formula is C11H17NO. The highest BCUT2D eigenvalue weighted by Gasteiger charge is 2.37. The molecule has 1 aromatic rings. The zero-order chi connectivity index (χ0) is 10.1. The zero-order valence-corrected chi connectivity index (χ0v) is 8.41. The van der Waals surface area contributed by atoms with Crippen molar-refractivity contribution >= 4 is 0 Å². The van der Waals surface area contributed by atoms with Crippen LogP contribution < -0.4 is 5.73 Å². The Morgan fingerprint density at radius 1 is 1.08 bits per heavy atom. The minimum absolute atomic E-state index is 0.644. The molecule has 0 radical (unpaired) electrons. The summed E-state index contributed by atoms with van der Waals surface area (Å²) in [4.78, 5) is 0. The molecule has 0 saturated heterocycles. The van der Waals surface area contributed by atoms with Crippen LogP contribution in [-0.2, 0) is 5.60 Å². The van der Waals surface area contributed by atoms with Crippen LogP contribution in [0.2, 0.25) is 0 Å². The van der Waals surface area contributed by atoms with E-state index in [0.29, 0.717) is 0 Å². The van der Waals surface area contributed by atoms with Crippen molar-refractivity contribution in [2.75, 3.05) is 0 Å². The second kappa shape index (κ2) is 3.13. The summed E-state index contributed by atoms with van der Waals surface area (Å²) in [6, 6.07) is 9.48. The van der Waals surface area contributed by atoms with E-state index < -0.39 is 11.1 Å². The van der Waals surface area contributed by atoms with E-state index >= 15 is 0 Å². The van der Waals surface area contributed by atoms with Gasteiger partial charge in [0.25, 0.3) is 0 Å². The van der Waals surface area contributed by atoms with Gasteiger partial charge in [-0.15, -0.1) is 0 Å². The Morgan fingerprint density at radius 3 is 1.92 bits per heavy atom. The molecule has 3 N–H and O–H groups in total. The maximum atomic E-state index is 10.2. The van der Waals surface area contributed by atoms with Crippen molar-refractivity contribution in [1.29, 1.82) is 0 Å². The molecule has 0 saturated carbocycles.